The summed E-state index contributed by atoms with van der Waals surface area (Å²) >= 11 is 0. The fourth-order valence-corrected chi connectivity index (χ4v) is 1.76. The maximum absolute atomic E-state index is 11.7. The van der Waals surface area contributed by atoms with Crippen LogP contribution in [0.3, 0.4) is 0 Å². The van der Waals surface area contributed by atoms with E-state index in [1.54, 1.807) is 17.1 Å². The Kier molecular flexibility index (Phi) is 3.79. The lowest BCUT2D eigenvalue weighted by Crippen LogP contribution is -2.30. The van der Waals surface area contributed by atoms with Crippen molar-refractivity contribution in [1.29, 1.82) is 0 Å². The van der Waals surface area contributed by atoms with Crippen LogP contribution in [0.1, 0.15) is 19.8 Å². The molecule has 1 aromatic heterocycles. The Morgan fingerprint density at radius 2 is 2.32 bits per heavy atom. The molecule has 2 heterocycles. The number of nitrogens with one attached hydrogen (secondary N) is 3. The molecule has 0 saturated carbocycles. The fraction of sp³-hybridized carbons (Fsp3) is 0.455. The van der Waals surface area contributed by atoms with E-state index in [2.05, 4.69) is 21.0 Å². The van der Waals surface area contributed by atoms with Gasteiger partial charge < -0.3 is 10.6 Å². The van der Waals surface area contributed by atoms with E-state index in [9.17, 15) is 14.4 Å². The smallest absolute Gasteiger partial charge is 0.322 e. The Balaban J connectivity index is 1.78. The zero-order valence-corrected chi connectivity index (χ0v) is 10.5. The monoisotopic (exact) mass is 265 g/mol. The number of amides is 4. The lowest BCUT2D eigenvalue weighted by Gasteiger charge is -2.06. The summed E-state index contributed by atoms with van der Waals surface area (Å²) in [7, 11) is 0. The van der Waals surface area contributed by atoms with Gasteiger partial charge in [-0.25, -0.2) is 4.79 Å². The minimum absolute atomic E-state index is 0.148. The Hall–Kier alpha value is -2.38. The Morgan fingerprint density at radius 1 is 1.53 bits per heavy atom. The van der Waals surface area contributed by atoms with Gasteiger partial charge in [0.2, 0.25) is 5.91 Å². The summed E-state index contributed by atoms with van der Waals surface area (Å²) in [6.07, 6.45) is 3.70. The molecule has 1 atom stereocenters. The van der Waals surface area contributed by atoms with Crippen molar-refractivity contribution in [3.63, 3.8) is 0 Å². The van der Waals surface area contributed by atoms with Crippen LogP contribution >= 0.6 is 0 Å². The molecule has 8 nitrogen and oxygen atoms in total. The van der Waals surface area contributed by atoms with Gasteiger partial charge in [-0.05, 0) is 13.3 Å². The first-order valence-corrected chi connectivity index (χ1v) is 6.02. The third-order valence-corrected chi connectivity index (χ3v) is 2.76. The zero-order chi connectivity index (χ0) is 13.8. The number of rotatable bonds is 5. The molecular weight excluding hydrogens is 250 g/mol. The first-order valence-electron chi connectivity index (χ1n) is 6.02. The van der Waals surface area contributed by atoms with Gasteiger partial charge >= 0.3 is 6.03 Å². The molecule has 19 heavy (non-hydrogen) atoms. The first-order chi connectivity index (χ1) is 9.08. The Morgan fingerprint density at radius 3 is 2.89 bits per heavy atom. The van der Waals surface area contributed by atoms with Crippen molar-refractivity contribution >= 4 is 23.5 Å². The second-order valence-corrected chi connectivity index (χ2v) is 4.19. The first kappa shape index (κ1) is 13.1. The molecule has 1 aliphatic heterocycles. The Bertz CT molecular complexity index is 510. The highest BCUT2D eigenvalue weighted by atomic mass is 16.2. The molecule has 1 fully saturated rings. The van der Waals surface area contributed by atoms with Crippen molar-refractivity contribution in [3.05, 3.63) is 12.4 Å². The zero-order valence-electron chi connectivity index (χ0n) is 10.5. The van der Waals surface area contributed by atoms with Gasteiger partial charge in [-0.2, -0.15) is 5.10 Å². The van der Waals surface area contributed by atoms with Crippen molar-refractivity contribution in [2.24, 2.45) is 0 Å². The fourth-order valence-electron chi connectivity index (χ4n) is 1.76. The number of imide groups is 1. The second-order valence-electron chi connectivity index (χ2n) is 4.19. The minimum Gasteiger partial charge on any atom is -0.326 e. The van der Waals surface area contributed by atoms with Gasteiger partial charge in [-0.15, -0.1) is 0 Å². The van der Waals surface area contributed by atoms with E-state index < -0.39 is 18.0 Å². The van der Waals surface area contributed by atoms with E-state index in [-0.39, 0.29) is 18.7 Å². The van der Waals surface area contributed by atoms with E-state index in [0.717, 1.165) is 6.54 Å². The van der Waals surface area contributed by atoms with Crippen LogP contribution in [0.15, 0.2) is 12.4 Å². The highest BCUT2D eigenvalue weighted by Crippen LogP contribution is 2.08. The highest BCUT2D eigenvalue weighted by molar-refractivity contribution is 6.04. The summed E-state index contributed by atoms with van der Waals surface area (Å²) < 4.78 is 1.69. The molecule has 1 aromatic rings. The topological polar surface area (TPSA) is 105 Å². The molecule has 1 aliphatic rings. The molecule has 102 valence electrons. The summed E-state index contributed by atoms with van der Waals surface area (Å²) in [4.78, 5) is 33.8. The Labute approximate surface area is 109 Å². The maximum atomic E-state index is 11.7. The molecule has 3 N–H and O–H groups in total. The van der Waals surface area contributed by atoms with Gasteiger partial charge in [0.25, 0.3) is 5.91 Å². The second kappa shape index (κ2) is 5.51. The highest BCUT2D eigenvalue weighted by Gasteiger charge is 2.29. The lowest BCUT2D eigenvalue weighted by atomic mass is 10.1. The molecule has 0 radical (unpaired) electrons. The number of anilines is 1. The molecule has 0 aliphatic carbocycles. The molecule has 0 spiro atoms. The minimum atomic E-state index is -0.628. The van der Waals surface area contributed by atoms with Crippen molar-refractivity contribution in [3.8, 4) is 0 Å². The number of urea groups is 1. The molecule has 0 aromatic carbocycles. The van der Waals surface area contributed by atoms with Crippen molar-refractivity contribution in [1.82, 2.24) is 20.4 Å². The number of aryl methyl sites for hydroxylation is 1. The molecule has 4 amide bonds. The lowest BCUT2D eigenvalue weighted by molar-refractivity contribution is -0.120. The van der Waals surface area contributed by atoms with Crippen LogP contribution in [0.5, 0.6) is 0 Å². The van der Waals surface area contributed by atoms with Gasteiger partial charge in [0, 0.05) is 19.2 Å². The van der Waals surface area contributed by atoms with Crippen LogP contribution < -0.4 is 16.0 Å². The van der Waals surface area contributed by atoms with Gasteiger partial charge in [-0.3, -0.25) is 19.6 Å². The largest absolute Gasteiger partial charge is 0.326 e. The predicted molar refractivity (Wildman–Crippen MR) is 66.2 cm³/mol. The molecular formula is C11H15N5O3. The normalized spacial score (nSPS) is 18.1. The third-order valence-electron chi connectivity index (χ3n) is 2.76. The van der Waals surface area contributed by atoms with Gasteiger partial charge in [0.1, 0.15) is 6.04 Å². The van der Waals surface area contributed by atoms with Gasteiger partial charge in [0.05, 0.1) is 11.9 Å². The maximum Gasteiger partial charge on any atom is 0.322 e. The summed E-state index contributed by atoms with van der Waals surface area (Å²) in [6, 6.07) is -1.14. The summed E-state index contributed by atoms with van der Waals surface area (Å²) in [5.41, 5.74) is 0.617. The molecule has 1 unspecified atom stereocenters. The molecule has 0 bridgehead atoms. The van der Waals surface area contributed by atoms with Crippen molar-refractivity contribution < 1.29 is 14.4 Å². The van der Waals surface area contributed by atoms with Crippen LogP contribution in [0.4, 0.5) is 10.5 Å². The van der Waals surface area contributed by atoms with Crippen LogP contribution in [0.25, 0.3) is 0 Å². The summed E-state index contributed by atoms with van der Waals surface area (Å²) in [5.74, 6) is -0.610. The van der Waals surface area contributed by atoms with Crippen LogP contribution in [0, 0.1) is 0 Å². The predicted octanol–water partition coefficient (Wildman–Crippen LogP) is -0.170. The molecule has 1 saturated heterocycles. The number of aromatic nitrogens is 2. The molecule has 8 heteroatoms. The van der Waals surface area contributed by atoms with E-state index in [0.29, 0.717) is 5.69 Å². The number of carbonyl (C=O) groups excluding carboxylic acids is 3. The molecule has 2 rings (SSSR count). The van der Waals surface area contributed by atoms with E-state index in [4.69, 9.17) is 0 Å². The van der Waals surface area contributed by atoms with E-state index in [1.807, 2.05) is 6.92 Å². The summed E-state index contributed by atoms with van der Waals surface area (Å²) in [5, 5.41) is 11.3. The van der Waals surface area contributed by atoms with Crippen LogP contribution in [0.2, 0.25) is 0 Å². The standard InChI is InChI=1S/C11H15N5O3/c1-2-16-6-7(5-12-16)13-9(17)4-3-8-10(18)15-11(19)14-8/h5-6,8H,2-4H2,1H3,(H,13,17)(H2,14,15,18,19). The number of hydrogen-bond acceptors (Lipinski definition) is 4. The number of carbonyl (C=O) groups is 3. The SMILES string of the molecule is CCn1cc(NC(=O)CCC2NC(=O)NC2=O)cn1. The average molecular weight is 265 g/mol. The van der Waals surface area contributed by atoms with E-state index >= 15 is 0 Å². The van der Waals surface area contributed by atoms with Gasteiger partial charge in [-0.1, -0.05) is 0 Å². The average Bonchev–Trinajstić information content (AvgIpc) is 2.93. The summed E-state index contributed by atoms with van der Waals surface area (Å²) in [6.45, 7) is 2.67. The van der Waals surface area contributed by atoms with Crippen molar-refractivity contribution in [2.75, 3.05) is 5.32 Å². The number of nitrogens with zero attached hydrogens (tertiary/aromatic N) is 2. The van der Waals surface area contributed by atoms with E-state index in [1.165, 1.54) is 0 Å². The van der Waals surface area contributed by atoms with Crippen molar-refractivity contribution in [2.45, 2.75) is 32.4 Å². The van der Waals surface area contributed by atoms with Crippen LogP contribution in [-0.2, 0) is 16.1 Å². The van der Waals surface area contributed by atoms with Gasteiger partial charge in [0.15, 0.2) is 0 Å². The quantitative estimate of drug-likeness (QED) is 0.643. The third kappa shape index (κ3) is 3.30. The number of hydrogen-bond donors (Lipinski definition) is 3. The van der Waals surface area contributed by atoms with Crippen LogP contribution in [-0.4, -0.2) is 33.7 Å².